The van der Waals surface area contributed by atoms with Crippen LogP contribution in [0.1, 0.15) is 73.5 Å². The van der Waals surface area contributed by atoms with E-state index in [2.05, 4.69) is 0 Å². The van der Waals surface area contributed by atoms with E-state index < -0.39 is 38.7 Å². The van der Waals surface area contributed by atoms with Crippen LogP contribution in [-0.2, 0) is 13.4 Å². The predicted octanol–water partition coefficient (Wildman–Crippen LogP) is 5.12. The topological polar surface area (TPSA) is 3.88 Å². The number of rotatable bonds is 4. The second-order valence-electron chi connectivity index (χ2n) is 5.50. The predicted molar refractivity (Wildman–Crippen MR) is 95.2 cm³/mol. The summed E-state index contributed by atoms with van der Waals surface area (Å²) in [5, 5.41) is 0. The summed E-state index contributed by atoms with van der Waals surface area (Å²) in [4.78, 5) is 0. The summed E-state index contributed by atoms with van der Waals surface area (Å²) in [6.07, 6.45) is -1.25. The molecule has 1 heterocycles. The smallest absolute Gasteiger partial charge is 0.201 e. The molecule has 1 nitrogen and oxygen atoms in total. The Kier molecular flexibility index (Phi) is 1.95. The molecule has 0 radical (unpaired) electrons. The first kappa shape index (κ1) is 6.47. The van der Waals surface area contributed by atoms with Gasteiger partial charge in [-0.3, -0.25) is 0 Å². The molecule has 1 heteroatoms. The van der Waals surface area contributed by atoms with E-state index in [1.165, 1.54) is 35.0 Å². The zero-order valence-corrected chi connectivity index (χ0v) is 13.3. The maximum atomic E-state index is 8.52. The highest BCUT2D eigenvalue weighted by atomic mass is 14.9. The molecular weight excluding hydrogens is 266 g/mol. The van der Waals surface area contributed by atoms with Crippen LogP contribution < -0.4 is 4.57 Å². The van der Waals surface area contributed by atoms with Crippen molar-refractivity contribution in [3.05, 3.63) is 52.7 Å². The van der Waals surface area contributed by atoms with Gasteiger partial charge in [-0.2, -0.15) is 0 Å². The Morgan fingerprint density at radius 1 is 1.23 bits per heavy atom. The van der Waals surface area contributed by atoms with Gasteiger partial charge in [-0.1, -0.05) is 39.7 Å². The van der Waals surface area contributed by atoms with Gasteiger partial charge in [0.05, 0.1) is 0 Å². The monoisotopic (exact) mass is 309 g/mol. The van der Waals surface area contributed by atoms with Crippen molar-refractivity contribution in [1.29, 1.82) is 0 Å². The standard InChI is InChI=1S/C21H30N/c1-14(2)10-18-8-9-19(16(5)11-18)21-12-20(15(3)4)17(6)13-22(21)7/h8-9,11-15H,10H2,1-7H3/q+1/i1D3,3D3,6D3,10D2,14D,15D. The SMILES string of the molecule is [2H]C([2H])([2H])c1c[n+](C)c(-c2ccc(C([2H])([2H])C([2H])(C)C([2H])([2H])[2H])cc2C)cc1C([2H])(C)C([2H])([2H])[2H]. The third-order valence-corrected chi connectivity index (χ3v) is 3.51. The molecule has 0 amide bonds. The third kappa shape index (κ3) is 3.58. The minimum absolute atomic E-state index is 0.0119. The summed E-state index contributed by atoms with van der Waals surface area (Å²) in [5.74, 6) is -4.66. The van der Waals surface area contributed by atoms with E-state index in [0.29, 0.717) is 16.8 Å². The number of pyridine rings is 1. The van der Waals surface area contributed by atoms with E-state index in [1.807, 2.05) is 0 Å². The van der Waals surface area contributed by atoms with Crippen molar-refractivity contribution in [3.8, 4) is 11.3 Å². The molecule has 118 valence electrons. The summed E-state index contributed by atoms with van der Waals surface area (Å²) in [6.45, 7) is -4.55. The first-order chi connectivity index (χ1) is 15.4. The van der Waals surface area contributed by atoms with Gasteiger partial charge in [0.1, 0.15) is 7.05 Å². The Balaban J connectivity index is 2.78. The van der Waals surface area contributed by atoms with Crippen LogP contribution in [0, 0.1) is 19.7 Å². The molecule has 22 heavy (non-hydrogen) atoms. The summed E-state index contributed by atoms with van der Waals surface area (Å²) < 4.78 is 105. The van der Waals surface area contributed by atoms with Crippen molar-refractivity contribution >= 4 is 0 Å². The fraction of sp³-hybridized carbons (Fsp3) is 0.476. The van der Waals surface area contributed by atoms with E-state index in [0.717, 1.165) is 13.8 Å². The minimum Gasteiger partial charge on any atom is -0.201 e. The summed E-state index contributed by atoms with van der Waals surface area (Å²) in [5.41, 5.74) is 0.951. The average molecular weight is 310 g/mol. The normalized spacial score (nSPS) is 27.9. The van der Waals surface area contributed by atoms with Crippen LogP contribution >= 0.6 is 0 Å². The molecule has 2 atom stereocenters. The fourth-order valence-corrected chi connectivity index (χ4v) is 2.47. The Morgan fingerprint density at radius 3 is 2.68 bits per heavy atom. The number of benzene rings is 1. The Labute approximate surface area is 154 Å². The summed E-state index contributed by atoms with van der Waals surface area (Å²) in [7, 11) is 1.58. The van der Waals surface area contributed by atoms with Crippen LogP contribution in [0.3, 0.4) is 0 Å². The highest BCUT2D eigenvalue weighted by molar-refractivity contribution is 5.62. The molecule has 2 unspecified atom stereocenters. The largest absolute Gasteiger partial charge is 0.212 e. The van der Waals surface area contributed by atoms with Gasteiger partial charge in [0.15, 0.2) is 6.20 Å². The minimum atomic E-state index is -2.89. The van der Waals surface area contributed by atoms with Crippen LogP contribution in [0.2, 0.25) is 0 Å². The van der Waals surface area contributed by atoms with Crippen molar-refractivity contribution in [2.24, 2.45) is 12.9 Å². The molecule has 0 spiro atoms. The van der Waals surface area contributed by atoms with Gasteiger partial charge < -0.3 is 0 Å². The number of nitrogens with zero attached hydrogens (tertiary/aromatic N) is 1. The van der Waals surface area contributed by atoms with Gasteiger partial charge in [-0.15, -0.1) is 0 Å². The van der Waals surface area contributed by atoms with Crippen LogP contribution in [0.25, 0.3) is 11.3 Å². The van der Waals surface area contributed by atoms with Gasteiger partial charge in [0.2, 0.25) is 5.69 Å². The van der Waals surface area contributed by atoms with Crippen molar-refractivity contribution in [3.63, 3.8) is 0 Å². The van der Waals surface area contributed by atoms with Crippen molar-refractivity contribution in [1.82, 2.24) is 0 Å². The number of hydrogen-bond acceptors (Lipinski definition) is 0. The van der Waals surface area contributed by atoms with Crippen LogP contribution in [0.4, 0.5) is 0 Å². The molecule has 0 bridgehead atoms. The molecule has 0 aliphatic carbocycles. The molecule has 2 aromatic rings. The average Bonchev–Trinajstić information content (AvgIpc) is 2.65. The molecule has 0 fully saturated rings. The Morgan fingerprint density at radius 2 is 2.05 bits per heavy atom. The second-order valence-corrected chi connectivity index (χ2v) is 5.50. The quantitative estimate of drug-likeness (QED) is 0.690. The number of hydrogen-bond donors (Lipinski definition) is 0. The lowest BCUT2D eigenvalue weighted by Gasteiger charge is -2.13. The van der Waals surface area contributed by atoms with Gasteiger partial charge >= 0.3 is 0 Å². The molecule has 0 aliphatic heterocycles. The number of aromatic nitrogens is 1. The van der Waals surface area contributed by atoms with Crippen LogP contribution in [0.5, 0.6) is 0 Å². The first-order valence-electron chi connectivity index (χ1n) is 13.5. The molecule has 1 aromatic heterocycles. The van der Waals surface area contributed by atoms with Crippen molar-refractivity contribution in [2.75, 3.05) is 0 Å². The molecule has 0 N–H and O–H groups in total. The van der Waals surface area contributed by atoms with Gasteiger partial charge in [-0.05, 0) is 54.7 Å². The fourth-order valence-electron chi connectivity index (χ4n) is 2.47. The van der Waals surface area contributed by atoms with Crippen molar-refractivity contribution in [2.45, 2.75) is 53.6 Å². The van der Waals surface area contributed by atoms with Gasteiger partial charge in [0.25, 0.3) is 0 Å². The lowest BCUT2D eigenvalue weighted by atomic mass is 9.93. The lowest BCUT2D eigenvalue weighted by molar-refractivity contribution is -0.660. The summed E-state index contributed by atoms with van der Waals surface area (Å²) >= 11 is 0. The Bertz CT molecular complexity index is 1110. The van der Waals surface area contributed by atoms with E-state index in [9.17, 15) is 0 Å². The molecule has 0 saturated carbocycles. The van der Waals surface area contributed by atoms with Crippen LogP contribution in [-0.4, -0.2) is 0 Å². The van der Waals surface area contributed by atoms with E-state index in [4.69, 9.17) is 17.8 Å². The zero-order valence-electron chi connectivity index (χ0n) is 26.3. The first-order valence-corrected chi connectivity index (χ1v) is 7.03. The number of aryl methyl sites for hydroxylation is 3. The van der Waals surface area contributed by atoms with E-state index >= 15 is 0 Å². The van der Waals surface area contributed by atoms with E-state index in [1.54, 1.807) is 14.0 Å². The molecule has 0 saturated heterocycles. The second kappa shape index (κ2) is 6.64. The highest BCUT2D eigenvalue weighted by Crippen LogP contribution is 2.26. The molecule has 0 aliphatic rings. The molecular formula is C21H30N+. The van der Waals surface area contributed by atoms with E-state index in [-0.39, 0.29) is 16.7 Å². The molecule has 1 aromatic carbocycles. The third-order valence-electron chi connectivity index (χ3n) is 3.51. The summed E-state index contributed by atoms with van der Waals surface area (Å²) in [6, 6.07) is 5.66. The maximum absolute atomic E-state index is 8.52. The van der Waals surface area contributed by atoms with Crippen molar-refractivity contribution < 1.29 is 22.4 Å². The van der Waals surface area contributed by atoms with Gasteiger partial charge in [0, 0.05) is 35.0 Å². The lowest BCUT2D eigenvalue weighted by Crippen LogP contribution is -2.32. The zero-order chi connectivity index (χ0) is 27.6. The Hall–Kier alpha value is -1.63. The maximum Gasteiger partial charge on any atom is 0.212 e. The van der Waals surface area contributed by atoms with Gasteiger partial charge in [-0.25, -0.2) is 4.57 Å². The molecule has 2 rings (SSSR count). The van der Waals surface area contributed by atoms with Crippen LogP contribution in [0.15, 0.2) is 30.5 Å². The highest BCUT2D eigenvalue weighted by Gasteiger charge is 2.17.